The molecule has 0 amide bonds. The van der Waals surface area contributed by atoms with Crippen LogP contribution in [0.2, 0.25) is 0 Å². The molecule has 0 N–H and O–H groups in total. The predicted octanol–water partition coefficient (Wildman–Crippen LogP) is 4.48. The molecule has 23 heavy (non-hydrogen) atoms. The standard InChI is InChI=1S/C18H25IO4/c1-4-7-16(13(2)3)23-18(21)11-10-17(20)22-12-14-8-5-6-9-15(14)19/h5-6,8-9,13,16H,4,7,10-12H2,1-3H3. The zero-order chi connectivity index (χ0) is 17.2. The molecular weight excluding hydrogens is 407 g/mol. The van der Waals surface area contributed by atoms with Crippen molar-refractivity contribution in [2.24, 2.45) is 5.92 Å². The van der Waals surface area contributed by atoms with E-state index in [1.165, 1.54) is 0 Å². The third-order valence-corrected chi connectivity index (χ3v) is 4.53. The SMILES string of the molecule is CCCC(OC(=O)CCC(=O)OCc1ccccc1I)C(C)C. The molecule has 5 heteroatoms. The Kier molecular flexibility index (Phi) is 9.21. The van der Waals surface area contributed by atoms with E-state index in [1.54, 1.807) is 0 Å². The second-order valence-electron chi connectivity index (χ2n) is 5.81. The summed E-state index contributed by atoms with van der Waals surface area (Å²) in [5, 5.41) is 0. The summed E-state index contributed by atoms with van der Waals surface area (Å²) < 4.78 is 11.7. The lowest BCUT2D eigenvalue weighted by Crippen LogP contribution is -2.24. The van der Waals surface area contributed by atoms with E-state index in [1.807, 2.05) is 38.1 Å². The highest BCUT2D eigenvalue weighted by molar-refractivity contribution is 14.1. The van der Waals surface area contributed by atoms with E-state index in [0.717, 1.165) is 22.0 Å². The van der Waals surface area contributed by atoms with E-state index in [4.69, 9.17) is 9.47 Å². The summed E-state index contributed by atoms with van der Waals surface area (Å²) in [4.78, 5) is 23.6. The summed E-state index contributed by atoms with van der Waals surface area (Å²) in [7, 11) is 0. The first-order valence-corrected chi connectivity index (χ1v) is 9.10. The molecule has 0 saturated heterocycles. The fourth-order valence-electron chi connectivity index (χ4n) is 2.09. The lowest BCUT2D eigenvalue weighted by Gasteiger charge is -2.20. The molecule has 1 unspecified atom stereocenters. The van der Waals surface area contributed by atoms with Gasteiger partial charge in [0.25, 0.3) is 0 Å². The molecule has 1 aromatic carbocycles. The first-order chi connectivity index (χ1) is 10.9. The van der Waals surface area contributed by atoms with Gasteiger partial charge in [-0.1, -0.05) is 45.4 Å². The fraction of sp³-hybridized carbons (Fsp3) is 0.556. The number of hydrogen-bond donors (Lipinski definition) is 0. The van der Waals surface area contributed by atoms with Crippen molar-refractivity contribution < 1.29 is 19.1 Å². The number of halogens is 1. The quantitative estimate of drug-likeness (QED) is 0.427. The molecule has 0 radical (unpaired) electrons. The Balaban J connectivity index is 2.32. The molecule has 0 saturated carbocycles. The normalized spacial score (nSPS) is 12.0. The maximum absolute atomic E-state index is 11.8. The number of esters is 2. The van der Waals surface area contributed by atoms with Gasteiger partial charge in [-0.2, -0.15) is 0 Å². The van der Waals surface area contributed by atoms with Crippen LogP contribution in [0.1, 0.15) is 52.0 Å². The van der Waals surface area contributed by atoms with Crippen LogP contribution in [0.4, 0.5) is 0 Å². The Morgan fingerprint density at radius 2 is 1.78 bits per heavy atom. The summed E-state index contributed by atoms with van der Waals surface area (Å²) in [6.07, 6.45) is 1.86. The lowest BCUT2D eigenvalue weighted by atomic mass is 10.0. The highest BCUT2D eigenvalue weighted by Crippen LogP contribution is 2.15. The van der Waals surface area contributed by atoms with E-state index >= 15 is 0 Å². The van der Waals surface area contributed by atoms with Crippen LogP contribution < -0.4 is 0 Å². The molecule has 1 aromatic rings. The van der Waals surface area contributed by atoms with Gasteiger partial charge in [-0.15, -0.1) is 0 Å². The minimum atomic E-state index is -0.377. The Hall–Kier alpha value is -1.11. The predicted molar refractivity (Wildman–Crippen MR) is 97.8 cm³/mol. The van der Waals surface area contributed by atoms with Crippen molar-refractivity contribution in [3.05, 3.63) is 33.4 Å². The summed E-state index contributed by atoms with van der Waals surface area (Å²) in [6, 6.07) is 7.72. The van der Waals surface area contributed by atoms with Crippen LogP contribution >= 0.6 is 22.6 Å². The molecule has 1 atom stereocenters. The first kappa shape index (κ1) is 19.9. The maximum Gasteiger partial charge on any atom is 0.306 e. The molecule has 4 nitrogen and oxygen atoms in total. The molecule has 0 aliphatic heterocycles. The fourth-order valence-corrected chi connectivity index (χ4v) is 2.63. The van der Waals surface area contributed by atoms with Gasteiger partial charge in [0.1, 0.15) is 12.7 Å². The van der Waals surface area contributed by atoms with Crippen molar-refractivity contribution in [3.63, 3.8) is 0 Å². The Morgan fingerprint density at radius 1 is 1.13 bits per heavy atom. The molecule has 1 rings (SSSR count). The lowest BCUT2D eigenvalue weighted by molar-refractivity contribution is -0.156. The summed E-state index contributed by atoms with van der Waals surface area (Å²) in [6.45, 7) is 6.36. The smallest absolute Gasteiger partial charge is 0.306 e. The highest BCUT2D eigenvalue weighted by atomic mass is 127. The van der Waals surface area contributed by atoms with Crippen LogP contribution in [-0.4, -0.2) is 18.0 Å². The van der Waals surface area contributed by atoms with Gasteiger partial charge in [-0.05, 0) is 41.0 Å². The molecule has 0 bridgehead atoms. The third-order valence-electron chi connectivity index (χ3n) is 3.48. The molecule has 0 heterocycles. The van der Waals surface area contributed by atoms with Crippen molar-refractivity contribution in [1.29, 1.82) is 0 Å². The van der Waals surface area contributed by atoms with Crippen LogP contribution in [0.5, 0.6) is 0 Å². The van der Waals surface area contributed by atoms with E-state index in [-0.39, 0.29) is 43.4 Å². The molecule has 0 fully saturated rings. The molecule has 0 aromatic heterocycles. The highest BCUT2D eigenvalue weighted by Gasteiger charge is 2.18. The first-order valence-electron chi connectivity index (χ1n) is 8.02. The molecule has 0 aliphatic rings. The molecule has 0 spiro atoms. The van der Waals surface area contributed by atoms with Crippen molar-refractivity contribution in [2.75, 3.05) is 0 Å². The second kappa shape index (κ2) is 10.6. The van der Waals surface area contributed by atoms with E-state index in [9.17, 15) is 9.59 Å². The van der Waals surface area contributed by atoms with Crippen LogP contribution in [-0.2, 0) is 25.7 Å². The monoisotopic (exact) mass is 432 g/mol. The van der Waals surface area contributed by atoms with Gasteiger partial charge in [0.15, 0.2) is 0 Å². The van der Waals surface area contributed by atoms with Crippen molar-refractivity contribution in [3.8, 4) is 0 Å². The number of ether oxygens (including phenoxy) is 2. The molecular formula is C18H25IO4. The van der Waals surface area contributed by atoms with Gasteiger partial charge in [-0.25, -0.2) is 0 Å². The van der Waals surface area contributed by atoms with Crippen molar-refractivity contribution >= 4 is 34.5 Å². The van der Waals surface area contributed by atoms with Gasteiger partial charge in [0.05, 0.1) is 12.8 Å². The summed E-state index contributed by atoms with van der Waals surface area (Å²) in [5.41, 5.74) is 0.965. The maximum atomic E-state index is 11.8. The van der Waals surface area contributed by atoms with Crippen LogP contribution in [0.25, 0.3) is 0 Å². The second-order valence-corrected chi connectivity index (χ2v) is 6.98. The zero-order valence-corrected chi connectivity index (χ0v) is 16.2. The summed E-state index contributed by atoms with van der Waals surface area (Å²) in [5.74, 6) is -0.424. The van der Waals surface area contributed by atoms with Crippen LogP contribution in [0.15, 0.2) is 24.3 Å². The molecule has 128 valence electrons. The zero-order valence-electron chi connectivity index (χ0n) is 14.0. The third kappa shape index (κ3) is 7.81. The van der Waals surface area contributed by atoms with Gasteiger partial charge >= 0.3 is 11.9 Å². The van der Waals surface area contributed by atoms with Gasteiger partial charge in [-0.3, -0.25) is 9.59 Å². The average molecular weight is 432 g/mol. The van der Waals surface area contributed by atoms with Gasteiger partial charge < -0.3 is 9.47 Å². The van der Waals surface area contributed by atoms with Crippen molar-refractivity contribution in [2.45, 2.75) is 59.2 Å². The van der Waals surface area contributed by atoms with Crippen LogP contribution in [0.3, 0.4) is 0 Å². The molecule has 0 aliphatic carbocycles. The topological polar surface area (TPSA) is 52.6 Å². The van der Waals surface area contributed by atoms with E-state index in [0.29, 0.717) is 0 Å². The Morgan fingerprint density at radius 3 is 2.39 bits per heavy atom. The minimum absolute atomic E-state index is 0.0547. The Labute approximate surface area is 152 Å². The summed E-state index contributed by atoms with van der Waals surface area (Å²) >= 11 is 2.20. The van der Waals surface area contributed by atoms with Gasteiger partial charge in [0.2, 0.25) is 0 Å². The minimum Gasteiger partial charge on any atom is -0.462 e. The van der Waals surface area contributed by atoms with Crippen molar-refractivity contribution in [1.82, 2.24) is 0 Å². The van der Waals surface area contributed by atoms with E-state index in [2.05, 4.69) is 29.5 Å². The number of carbonyl (C=O) groups is 2. The number of rotatable bonds is 9. The van der Waals surface area contributed by atoms with E-state index < -0.39 is 0 Å². The Bertz CT molecular complexity index is 513. The number of benzene rings is 1. The van der Waals surface area contributed by atoms with Crippen LogP contribution in [0, 0.1) is 9.49 Å². The largest absolute Gasteiger partial charge is 0.462 e. The number of carbonyl (C=O) groups excluding carboxylic acids is 2. The van der Waals surface area contributed by atoms with Gasteiger partial charge in [0, 0.05) is 9.13 Å². The number of hydrogen-bond acceptors (Lipinski definition) is 4. The average Bonchev–Trinajstić information content (AvgIpc) is 2.51.